The summed E-state index contributed by atoms with van der Waals surface area (Å²) in [6, 6.07) is 0.311. The molecule has 3 rings (SSSR count). The minimum atomic E-state index is -0.588. The lowest BCUT2D eigenvalue weighted by Gasteiger charge is -2.23. The van der Waals surface area contributed by atoms with Gasteiger partial charge in [-0.2, -0.15) is 11.8 Å². The molecule has 0 spiro atoms. The van der Waals surface area contributed by atoms with E-state index >= 15 is 0 Å². The van der Waals surface area contributed by atoms with Gasteiger partial charge in [-0.05, 0) is 54.4 Å². The van der Waals surface area contributed by atoms with Crippen LogP contribution < -0.4 is 37.2 Å². The number of hydrogen-bond acceptors (Lipinski definition) is 30. The van der Waals surface area contributed by atoms with Gasteiger partial charge in [-0.15, -0.1) is 5.10 Å². The van der Waals surface area contributed by atoms with Crippen LogP contribution >= 0.6 is 11.8 Å². The molecule has 111 heavy (non-hydrogen) atoms. The highest BCUT2D eigenvalue weighted by Gasteiger charge is 2.42. The smallest absolute Gasteiger partial charge is 0.407 e. The van der Waals surface area contributed by atoms with Crippen molar-refractivity contribution in [2.24, 2.45) is 0 Å². The van der Waals surface area contributed by atoms with Crippen LogP contribution in [0.5, 0.6) is 0 Å². The van der Waals surface area contributed by atoms with Gasteiger partial charge in [0.2, 0.25) is 23.6 Å². The van der Waals surface area contributed by atoms with Crippen LogP contribution in [0.25, 0.3) is 0 Å². The maximum atomic E-state index is 13.4. The molecule has 644 valence electrons. The highest BCUT2D eigenvalue weighted by atomic mass is 32.2. The first-order valence-electron chi connectivity index (χ1n) is 38.9. The number of thioether (sulfide) groups is 1. The average Bonchev–Trinajstić information content (AvgIpc) is 1.67. The maximum absolute atomic E-state index is 13.4. The molecule has 0 unspecified atom stereocenters. The summed E-state index contributed by atoms with van der Waals surface area (Å²) in [6.07, 6.45) is 4.41. The third kappa shape index (κ3) is 61.6. The van der Waals surface area contributed by atoms with Gasteiger partial charge in [-0.25, -0.2) is 19.1 Å². The van der Waals surface area contributed by atoms with Crippen molar-refractivity contribution in [3.63, 3.8) is 0 Å². The number of hydrogen-bond donors (Lipinski definition) is 7. The van der Waals surface area contributed by atoms with E-state index in [4.69, 9.17) is 94.7 Å². The molecule has 1 aromatic rings. The van der Waals surface area contributed by atoms with Crippen molar-refractivity contribution in [1.29, 1.82) is 0 Å². The van der Waals surface area contributed by atoms with Gasteiger partial charge < -0.3 is 137 Å². The summed E-state index contributed by atoms with van der Waals surface area (Å²) < 4.78 is 113. The molecular weight excluding hydrogens is 1480 g/mol. The molecule has 39 heteroatoms. The van der Waals surface area contributed by atoms with Gasteiger partial charge in [0.25, 0.3) is 0 Å². The number of amides is 8. The van der Waals surface area contributed by atoms with Gasteiger partial charge in [-0.1, -0.05) is 11.6 Å². The molecule has 3 heterocycles. The quantitative estimate of drug-likeness (QED) is 0.0356. The SMILES string of the molecule is CC(C)(C)OC(=O)NCCNC(=O)CCOCCOCCOCCOCCOCCOCCN(CCOCCOCCOCCOCCOCCOCCC(=O)NCCNC(=O)OC(C)(C)C)C(=O)CCOCCOCCOCCOCCOCCOCCn1cc(CNC(=O)CCCC[C@@H]2SC[C@@H]3NC(=O)N[C@@H]32)nn1. The number of nitrogens with zero attached hydrogens (tertiary/aromatic N) is 4. The Labute approximate surface area is 659 Å². The summed E-state index contributed by atoms with van der Waals surface area (Å²) in [4.78, 5) is 86.3. The van der Waals surface area contributed by atoms with Gasteiger partial charge in [0, 0.05) is 69.5 Å². The van der Waals surface area contributed by atoms with E-state index in [0.717, 1.165) is 25.0 Å². The fourth-order valence-electron chi connectivity index (χ4n) is 9.74. The number of fused-ring (bicyclic) bond motifs is 1. The zero-order valence-electron chi connectivity index (χ0n) is 66.8. The predicted molar refractivity (Wildman–Crippen MR) is 405 cm³/mol. The Morgan fingerprint density at radius 3 is 1.14 bits per heavy atom. The molecule has 3 atom stereocenters. The lowest BCUT2D eigenvalue weighted by molar-refractivity contribution is -0.134. The van der Waals surface area contributed by atoms with Crippen LogP contribution in [0.1, 0.15) is 92.2 Å². The monoisotopic (exact) mass is 1620 g/mol. The summed E-state index contributed by atoms with van der Waals surface area (Å²) in [5, 5.41) is 28.1. The number of unbranched alkanes of at least 4 members (excludes halogenated alkanes) is 1. The highest BCUT2D eigenvalue weighted by molar-refractivity contribution is 8.00. The van der Waals surface area contributed by atoms with E-state index in [9.17, 15) is 33.6 Å². The Morgan fingerprint density at radius 2 is 0.757 bits per heavy atom. The summed E-state index contributed by atoms with van der Waals surface area (Å²) in [5.74, 6) is 0.442. The van der Waals surface area contributed by atoms with Crippen LogP contribution in [0, 0.1) is 0 Å². The third-order valence-electron chi connectivity index (χ3n) is 15.2. The number of ether oxygens (including phenoxy) is 20. The Kier molecular flexibility index (Phi) is 60.8. The molecule has 0 bridgehead atoms. The van der Waals surface area contributed by atoms with Gasteiger partial charge in [0.05, 0.1) is 276 Å². The van der Waals surface area contributed by atoms with Crippen LogP contribution in [0.2, 0.25) is 0 Å². The molecule has 8 amide bonds. The first kappa shape index (κ1) is 99.7. The second kappa shape index (κ2) is 67.8. The molecule has 0 aliphatic carbocycles. The van der Waals surface area contributed by atoms with Crippen molar-refractivity contribution >= 4 is 53.6 Å². The van der Waals surface area contributed by atoms with Crippen molar-refractivity contribution in [3.8, 4) is 0 Å². The third-order valence-corrected chi connectivity index (χ3v) is 16.7. The van der Waals surface area contributed by atoms with Gasteiger partial charge in [-0.3, -0.25) is 19.2 Å². The van der Waals surface area contributed by atoms with E-state index in [1.165, 1.54) is 0 Å². The minimum Gasteiger partial charge on any atom is -0.444 e. The summed E-state index contributed by atoms with van der Waals surface area (Å²) >= 11 is 1.88. The fourth-order valence-corrected chi connectivity index (χ4v) is 11.3. The van der Waals surface area contributed by atoms with Gasteiger partial charge >= 0.3 is 18.2 Å². The Hall–Kier alpha value is -5.54. The molecular formula is C72H133N11O27S. The molecule has 7 N–H and O–H groups in total. The summed E-state index contributed by atoms with van der Waals surface area (Å²) in [5.41, 5.74) is -0.502. The molecule has 38 nitrogen and oxygen atoms in total. The van der Waals surface area contributed by atoms with E-state index < -0.39 is 23.4 Å². The van der Waals surface area contributed by atoms with Crippen molar-refractivity contribution in [2.75, 3.05) is 283 Å². The molecule has 0 radical (unpaired) electrons. The van der Waals surface area contributed by atoms with E-state index in [1.807, 2.05) is 11.8 Å². The summed E-state index contributed by atoms with van der Waals surface area (Å²) in [7, 11) is 0. The zero-order chi connectivity index (χ0) is 80.2. The number of carbonyl (C=O) groups is 7. The largest absolute Gasteiger partial charge is 0.444 e. The fraction of sp³-hybridized carbons (Fsp3) is 0.875. The first-order chi connectivity index (χ1) is 53.9. The maximum Gasteiger partial charge on any atom is 0.407 e. The molecule has 2 fully saturated rings. The molecule has 1 aromatic heterocycles. The molecule has 2 saturated heterocycles. The van der Waals surface area contributed by atoms with E-state index in [2.05, 4.69) is 47.5 Å². The van der Waals surface area contributed by atoms with Gasteiger partial charge in [0.1, 0.15) is 16.9 Å². The van der Waals surface area contributed by atoms with Crippen LogP contribution in [0.3, 0.4) is 0 Å². The van der Waals surface area contributed by atoms with Crippen LogP contribution in [-0.4, -0.2) is 373 Å². The second-order valence-electron chi connectivity index (χ2n) is 26.8. The molecule has 0 aromatic carbocycles. The van der Waals surface area contributed by atoms with Crippen LogP contribution in [0.4, 0.5) is 14.4 Å². The molecule has 2 aliphatic heterocycles. The minimum absolute atomic E-state index is 0.0206. The Morgan fingerprint density at radius 1 is 0.423 bits per heavy atom. The number of nitrogens with one attached hydrogen (secondary N) is 7. The van der Waals surface area contributed by atoms with Gasteiger partial charge in [0.15, 0.2) is 0 Å². The molecule has 0 saturated carbocycles. The van der Waals surface area contributed by atoms with Crippen molar-refractivity contribution in [1.82, 2.24) is 57.1 Å². The highest BCUT2D eigenvalue weighted by Crippen LogP contribution is 2.33. The first-order valence-corrected chi connectivity index (χ1v) is 39.9. The lowest BCUT2D eigenvalue weighted by Crippen LogP contribution is -2.38. The van der Waals surface area contributed by atoms with Crippen LogP contribution in [0.15, 0.2) is 6.20 Å². The Balaban J connectivity index is 1.13. The summed E-state index contributed by atoms with van der Waals surface area (Å²) in [6.45, 7) is 26.4. The average molecular weight is 1620 g/mol. The zero-order valence-corrected chi connectivity index (χ0v) is 67.6. The van der Waals surface area contributed by atoms with E-state index in [-0.39, 0.29) is 107 Å². The molecule has 2 aliphatic rings. The number of aromatic nitrogens is 3. The van der Waals surface area contributed by atoms with Crippen LogP contribution in [-0.2, 0) is 127 Å². The normalized spacial score (nSPS) is 14.8. The van der Waals surface area contributed by atoms with E-state index in [0.29, 0.717) is 262 Å². The topological polar surface area (TPSA) is 422 Å². The second-order valence-corrected chi connectivity index (χ2v) is 28.1. The Bertz CT molecular complexity index is 2430. The lowest BCUT2D eigenvalue weighted by atomic mass is 10.0. The van der Waals surface area contributed by atoms with E-state index in [1.54, 1.807) is 57.3 Å². The van der Waals surface area contributed by atoms with Crippen molar-refractivity contribution < 1.29 is 128 Å². The number of rotatable bonds is 76. The number of carbonyl (C=O) groups excluding carboxylic acids is 7. The van der Waals surface area contributed by atoms with Crippen molar-refractivity contribution in [3.05, 3.63) is 11.9 Å². The standard InChI is InChI=1S/C72H133N11O27S/c1-71(2,3)109-69(89)75-16-14-73-64(85)11-21-91-27-33-97-39-45-103-51-54-106-48-42-100-36-30-94-24-18-82(19-25-95-31-37-101-43-49-107-55-52-104-46-40-98-34-28-92-22-12-65(86)74-15-17-76-70(90)110-72(4,5)6)66(87)13-23-93-29-35-99-41-47-105-53-56-108-50-44-102-38-32-96-26-20-83-58-60(80-81-83)57-77-63(84)10-8-7-9-62-67-61(59-111-62)78-68(88)79-67/h58,61-62,67H,7-57,59H2,1-6H3,(H,73,85)(H,74,86)(H,75,89)(H,76,90)(H,77,84)(H2,78,79,88)/t61-,62-,67-/m0/s1. The predicted octanol–water partition coefficient (Wildman–Crippen LogP) is 1.20. The number of alkyl carbamates (subject to hydrolysis) is 2. The number of urea groups is 1. The van der Waals surface area contributed by atoms with Crippen molar-refractivity contribution in [2.45, 2.75) is 128 Å².